The normalized spacial score (nSPS) is 11.8. The van der Waals surface area contributed by atoms with Gasteiger partial charge in [-0.2, -0.15) is 13.2 Å². The van der Waals surface area contributed by atoms with Crippen molar-refractivity contribution in [1.82, 2.24) is 5.16 Å². The second-order valence-corrected chi connectivity index (χ2v) is 4.92. The fourth-order valence-electron chi connectivity index (χ4n) is 1.40. The van der Waals surface area contributed by atoms with Gasteiger partial charge in [0, 0.05) is 16.1 Å². The zero-order valence-corrected chi connectivity index (χ0v) is 11.9. The fourth-order valence-corrected chi connectivity index (χ4v) is 2.11. The van der Waals surface area contributed by atoms with E-state index >= 15 is 0 Å². The lowest BCUT2D eigenvalue weighted by atomic mass is 10.1. The Balaban J connectivity index is 2.49. The molecule has 0 N–H and O–H groups in total. The van der Waals surface area contributed by atoms with E-state index in [1.54, 1.807) is 6.07 Å². The lowest BCUT2D eigenvalue weighted by molar-refractivity contribution is -0.137. The van der Waals surface area contributed by atoms with Crippen molar-refractivity contribution in [2.45, 2.75) is 11.5 Å². The summed E-state index contributed by atoms with van der Waals surface area (Å²) in [7, 11) is 0. The SMILES string of the molecule is FC(F)(F)c1ccc(Br)c(-c2cc(CBr)on2)c1. The van der Waals surface area contributed by atoms with Gasteiger partial charge in [-0.05, 0) is 18.2 Å². The minimum absolute atomic E-state index is 0.348. The van der Waals surface area contributed by atoms with Crippen LogP contribution in [0, 0.1) is 0 Å². The molecule has 0 atom stereocenters. The van der Waals surface area contributed by atoms with Gasteiger partial charge in [-0.25, -0.2) is 0 Å². The molecule has 1 aromatic carbocycles. The third-order valence-electron chi connectivity index (χ3n) is 2.26. The average molecular weight is 385 g/mol. The summed E-state index contributed by atoms with van der Waals surface area (Å²) in [5.41, 5.74) is -0.00714. The second kappa shape index (κ2) is 5.05. The summed E-state index contributed by atoms with van der Waals surface area (Å²) >= 11 is 6.39. The lowest BCUT2D eigenvalue weighted by Gasteiger charge is -2.08. The van der Waals surface area contributed by atoms with Crippen LogP contribution >= 0.6 is 31.9 Å². The Bertz CT molecular complexity index is 566. The van der Waals surface area contributed by atoms with Gasteiger partial charge in [0.15, 0.2) is 0 Å². The summed E-state index contributed by atoms with van der Waals surface area (Å²) in [4.78, 5) is 0. The number of aromatic nitrogens is 1. The Labute approximate surface area is 117 Å². The van der Waals surface area contributed by atoms with Crippen molar-refractivity contribution in [3.05, 3.63) is 40.1 Å². The highest BCUT2D eigenvalue weighted by Crippen LogP contribution is 2.35. The van der Waals surface area contributed by atoms with Crippen LogP contribution in [0.1, 0.15) is 11.3 Å². The predicted molar refractivity (Wildman–Crippen MR) is 67.3 cm³/mol. The number of nitrogens with zero attached hydrogens (tertiary/aromatic N) is 1. The minimum atomic E-state index is -4.38. The fraction of sp³-hybridized carbons (Fsp3) is 0.182. The Morgan fingerprint density at radius 1 is 1.22 bits per heavy atom. The maximum absolute atomic E-state index is 12.6. The molecule has 0 saturated heterocycles. The summed E-state index contributed by atoms with van der Waals surface area (Å²) in [5.74, 6) is 0.550. The molecule has 0 fully saturated rings. The number of hydrogen-bond donors (Lipinski definition) is 0. The molecule has 0 aliphatic rings. The molecule has 0 spiro atoms. The topological polar surface area (TPSA) is 26.0 Å². The zero-order chi connectivity index (χ0) is 13.3. The molecule has 18 heavy (non-hydrogen) atoms. The second-order valence-electron chi connectivity index (χ2n) is 3.50. The molecular weight excluding hydrogens is 379 g/mol. The van der Waals surface area contributed by atoms with Crippen LogP contribution in [-0.4, -0.2) is 5.16 Å². The first-order valence-corrected chi connectivity index (χ1v) is 6.72. The number of rotatable bonds is 2. The molecule has 96 valence electrons. The van der Waals surface area contributed by atoms with Crippen molar-refractivity contribution in [2.75, 3.05) is 0 Å². The van der Waals surface area contributed by atoms with Gasteiger partial charge in [0.1, 0.15) is 11.5 Å². The molecule has 2 rings (SSSR count). The van der Waals surface area contributed by atoms with Crippen LogP contribution < -0.4 is 0 Å². The molecule has 7 heteroatoms. The van der Waals surface area contributed by atoms with Crippen molar-refractivity contribution in [3.8, 4) is 11.3 Å². The van der Waals surface area contributed by atoms with Crippen LogP contribution in [0.15, 0.2) is 33.3 Å². The smallest absolute Gasteiger partial charge is 0.360 e. The molecular formula is C11H6Br2F3NO. The van der Waals surface area contributed by atoms with Crippen LogP contribution in [0.25, 0.3) is 11.3 Å². The van der Waals surface area contributed by atoms with Gasteiger partial charge in [0.25, 0.3) is 0 Å². The van der Waals surface area contributed by atoms with E-state index < -0.39 is 11.7 Å². The average Bonchev–Trinajstić information content (AvgIpc) is 2.76. The van der Waals surface area contributed by atoms with E-state index in [0.717, 1.165) is 12.1 Å². The van der Waals surface area contributed by atoms with Crippen LogP contribution in [0.4, 0.5) is 13.2 Å². The van der Waals surface area contributed by atoms with E-state index in [9.17, 15) is 13.2 Å². The summed E-state index contributed by atoms with van der Waals surface area (Å²) < 4.78 is 43.3. The molecule has 0 radical (unpaired) electrons. The lowest BCUT2D eigenvalue weighted by Crippen LogP contribution is -2.04. The van der Waals surface area contributed by atoms with E-state index in [-0.39, 0.29) is 0 Å². The van der Waals surface area contributed by atoms with Crippen molar-refractivity contribution in [2.24, 2.45) is 0 Å². The van der Waals surface area contributed by atoms with Crippen LogP contribution in [0.3, 0.4) is 0 Å². The summed E-state index contributed by atoms with van der Waals surface area (Å²) in [6.07, 6.45) is -4.38. The number of halogens is 5. The Morgan fingerprint density at radius 2 is 1.94 bits per heavy atom. The Kier molecular flexibility index (Phi) is 3.82. The van der Waals surface area contributed by atoms with Gasteiger partial charge in [0.05, 0.1) is 10.9 Å². The highest BCUT2D eigenvalue weighted by atomic mass is 79.9. The van der Waals surface area contributed by atoms with Gasteiger partial charge in [-0.1, -0.05) is 37.0 Å². The molecule has 0 unspecified atom stereocenters. The first kappa shape index (κ1) is 13.6. The van der Waals surface area contributed by atoms with Crippen LogP contribution in [-0.2, 0) is 11.5 Å². The summed E-state index contributed by atoms with van der Waals surface area (Å²) in [6, 6.07) is 4.99. The minimum Gasteiger partial charge on any atom is -0.360 e. The molecule has 2 nitrogen and oxygen atoms in total. The maximum Gasteiger partial charge on any atom is 0.416 e. The van der Waals surface area contributed by atoms with E-state index in [4.69, 9.17) is 4.52 Å². The Morgan fingerprint density at radius 3 is 2.50 bits per heavy atom. The standard InChI is InChI=1S/C11H6Br2F3NO/c12-5-7-4-10(17-18-7)8-3-6(11(14,15)16)1-2-9(8)13/h1-4H,5H2. The van der Waals surface area contributed by atoms with Crippen molar-refractivity contribution >= 4 is 31.9 Å². The van der Waals surface area contributed by atoms with Crippen molar-refractivity contribution in [1.29, 1.82) is 0 Å². The molecule has 0 aliphatic carbocycles. The highest BCUT2D eigenvalue weighted by Gasteiger charge is 2.31. The molecule has 0 aliphatic heterocycles. The number of alkyl halides is 4. The van der Waals surface area contributed by atoms with E-state index in [0.29, 0.717) is 26.8 Å². The first-order valence-electron chi connectivity index (χ1n) is 4.80. The number of hydrogen-bond acceptors (Lipinski definition) is 2. The molecule has 1 heterocycles. The third kappa shape index (κ3) is 2.77. The van der Waals surface area contributed by atoms with E-state index in [2.05, 4.69) is 37.0 Å². The monoisotopic (exact) mass is 383 g/mol. The molecule has 0 saturated carbocycles. The van der Waals surface area contributed by atoms with Gasteiger partial charge in [-0.15, -0.1) is 0 Å². The van der Waals surface area contributed by atoms with Gasteiger partial charge in [-0.3, -0.25) is 0 Å². The van der Waals surface area contributed by atoms with Gasteiger partial charge < -0.3 is 4.52 Å². The van der Waals surface area contributed by atoms with Crippen LogP contribution in [0.2, 0.25) is 0 Å². The first-order chi connectivity index (χ1) is 8.41. The highest BCUT2D eigenvalue weighted by molar-refractivity contribution is 9.10. The Hall–Kier alpha value is -0.820. The van der Waals surface area contributed by atoms with Crippen molar-refractivity contribution < 1.29 is 17.7 Å². The molecule has 0 amide bonds. The van der Waals surface area contributed by atoms with Crippen LogP contribution in [0.5, 0.6) is 0 Å². The zero-order valence-electron chi connectivity index (χ0n) is 8.76. The quantitative estimate of drug-likeness (QED) is 0.679. The molecule has 0 bridgehead atoms. The van der Waals surface area contributed by atoms with Crippen molar-refractivity contribution in [3.63, 3.8) is 0 Å². The summed E-state index contributed by atoms with van der Waals surface area (Å²) in [6.45, 7) is 0. The summed E-state index contributed by atoms with van der Waals surface area (Å²) in [5, 5.41) is 4.19. The van der Waals surface area contributed by atoms with E-state index in [1.807, 2.05) is 0 Å². The number of benzene rings is 1. The maximum atomic E-state index is 12.6. The van der Waals surface area contributed by atoms with Gasteiger partial charge in [0.2, 0.25) is 0 Å². The largest absolute Gasteiger partial charge is 0.416 e. The molecule has 2 aromatic rings. The third-order valence-corrected chi connectivity index (χ3v) is 3.50. The van der Waals surface area contributed by atoms with E-state index in [1.165, 1.54) is 6.07 Å². The predicted octanol–water partition coefficient (Wildman–Crippen LogP) is 5.02. The van der Waals surface area contributed by atoms with Gasteiger partial charge >= 0.3 is 6.18 Å². The molecule has 1 aromatic heterocycles.